The Labute approximate surface area is 350 Å². The molecule has 0 N–H and O–H groups in total. The molecule has 0 aliphatic rings. The summed E-state index contributed by atoms with van der Waals surface area (Å²) in [5.74, 6) is 0.529. The van der Waals surface area contributed by atoms with Crippen LogP contribution >= 0.6 is 0 Å². The second kappa shape index (κ2) is 14.2. The Bertz CT molecular complexity index is 3540. The number of hydrogen-bond acceptors (Lipinski definition) is 6. The van der Waals surface area contributed by atoms with E-state index in [0.29, 0.717) is 17.0 Å². The Morgan fingerprint density at radius 3 is 1.43 bits per heavy atom. The van der Waals surface area contributed by atoms with E-state index in [1.807, 2.05) is 66.7 Å². The molecule has 288 valence electrons. The highest BCUT2D eigenvalue weighted by Crippen LogP contribution is 2.49. The highest BCUT2D eigenvalue weighted by atomic mass is 16.3. The summed E-state index contributed by atoms with van der Waals surface area (Å²) >= 11 is 0. The number of benzene rings is 9. The number of hydrogen-bond donors (Lipinski definition) is 0. The molecule has 0 bridgehead atoms. The van der Waals surface area contributed by atoms with Crippen LogP contribution < -0.4 is 9.80 Å². The summed E-state index contributed by atoms with van der Waals surface area (Å²) in [6.45, 7) is 0. The Balaban J connectivity index is 1.16. The maximum absolute atomic E-state index is 6.82. The standard InChI is InChI=1S/C55H35N3O3/c1-4-16-36(17-5-1)37-30-32-40(33-31-37)58(47-27-15-25-45-43-23-11-13-29-50(43)60-54(45)47)48-34-41(35-51-52(48)56-55(61-51)38-18-6-2-7-19-38)57(39-20-8-3-9-21-39)46-26-14-24-44-42-22-10-12-28-49(42)59-53(44)46/h1-35H. The first-order chi connectivity index (χ1) is 30.2. The van der Waals surface area contributed by atoms with Crippen LogP contribution in [-0.4, -0.2) is 4.98 Å². The van der Waals surface area contributed by atoms with Crippen LogP contribution in [0.25, 0.3) is 77.6 Å². The SMILES string of the molecule is c1ccc(-c2ccc(N(c3cc(N(c4ccccc4)c4cccc5c4oc4ccccc45)cc4oc(-c5ccccc5)nc34)c3cccc4c3oc3ccccc34)cc2)cc1. The molecule has 3 heterocycles. The summed E-state index contributed by atoms with van der Waals surface area (Å²) in [4.78, 5) is 9.80. The minimum atomic E-state index is 0.529. The van der Waals surface area contributed by atoms with Crippen molar-refractivity contribution in [3.8, 4) is 22.6 Å². The number of aromatic nitrogens is 1. The minimum Gasteiger partial charge on any atom is -0.454 e. The van der Waals surface area contributed by atoms with Gasteiger partial charge in [0.05, 0.1) is 22.7 Å². The maximum atomic E-state index is 6.82. The largest absolute Gasteiger partial charge is 0.454 e. The van der Waals surface area contributed by atoms with E-state index in [2.05, 4.69) is 155 Å². The molecular formula is C55H35N3O3. The van der Waals surface area contributed by atoms with Crippen LogP contribution in [-0.2, 0) is 0 Å². The number of rotatable bonds is 8. The highest BCUT2D eigenvalue weighted by Gasteiger charge is 2.27. The molecule has 61 heavy (non-hydrogen) atoms. The third-order valence-corrected chi connectivity index (χ3v) is 11.5. The molecule has 0 fully saturated rings. The number of furan rings is 2. The predicted molar refractivity (Wildman–Crippen MR) is 249 cm³/mol. The molecular weight excluding hydrogens is 751 g/mol. The molecule has 0 atom stereocenters. The van der Waals surface area contributed by atoms with Crippen LogP contribution in [0.2, 0.25) is 0 Å². The van der Waals surface area contributed by atoms with Crippen molar-refractivity contribution >= 4 is 89.1 Å². The molecule has 0 saturated carbocycles. The summed E-state index contributed by atoms with van der Waals surface area (Å²) in [7, 11) is 0. The minimum absolute atomic E-state index is 0.529. The lowest BCUT2D eigenvalue weighted by molar-refractivity contribution is 0.620. The van der Waals surface area contributed by atoms with Gasteiger partial charge in [0.15, 0.2) is 16.7 Å². The Morgan fingerprint density at radius 1 is 0.311 bits per heavy atom. The zero-order valence-electron chi connectivity index (χ0n) is 32.8. The van der Waals surface area contributed by atoms with E-state index in [1.165, 1.54) is 0 Å². The fraction of sp³-hybridized carbons (Fsp3) is 0. The average Bonchev–Trinajstić information content (AvgIpc) is 4.05. The molecule has 0 unspecified atom stereocenters. The number of anilines is 6. The van der Waals surface area contributed by atoms with Gasteiger partial charge in [-0.3, -0.25) is 0 Å². The van der Waals surface area contributed by atoms with Gasteiger partial charge in [-0.2, -0.15) is 0 Å². The fourth-order valence-electron chi connectivity index (χ4n) is 8.66. The van der Waals surface area contributed by atoms with Crippen molar-refractivity contribution in [3.63, 3.8) is 0 Å². The molecule has 6 heteroatoms. The van der Waals surface area contributed by atoms with E-state index < -0.39 is 0 Å². The van der Waals surface area contributed by atoms with Crippen molar-refractivity contribution in [2.75, 3.05) is 9.80 Å². The fourth-order valence-corrected chi connectivity index (χ4v) is 8.66. The first-order valence-electron chi connectivity index (χ1n) is 20.4. The van der Waals surface area contributed by atoms with Crippen molar-refractivity contribution < 1.29 is 13.3 Å². The Kier molecular flexibility index (Phi) is 8.06. The van der Waals surface area contributed by atoms with Crippen molar-refractivity contribution in [2.24, 2.45) is 0 Å². The molecule has 0 radical (unpaired) electrons. The lowest BCUT2D eigenvalue weighted by atomic mass is 10.0. The molecule has 12 aromatic rings. The maximum Gasteiger partial charge on any atom is 0.227 e. The van der Waals surface area contributed by atoms with Crippen LogP contribution in [0.4, 0.5) is 34.1 Å². The van der Waals surface area contributed by atoms with Gasteiger partial charge in [-0.15, -0.1) is 0 Å². The van der Waals surface area contributed by atoms with E-state index in [9.17, 15) is 0 Å². The predicted octanol–water partition coefficient (Wildman–Crippen LogP) is 15.9. The van der Waals surface area contributed by atoms with Gasteiger partial charge in [0, 0.05) is 44.5 Å². The Hall–Kier alpha value is -8.35. The van der Waals surface area contributed by atoms with E-state index in [4.69, 9.17) is 18.2 Å². The number of oxazole rings is 1. The van der Waals surface area contributed by atoms with Gasteiger partial charge in [0.2, 0.25) is 5.89 Å². The molecule has 0 amide bonds. The van der Waals surface area contributed by atoms with Crippen LogP contribution in [0.15, 0.2) is 226 Å². The molecule has 9 aromatic carbocycles. The van der Waals surface area contributed by atoms with Crippen LogP contribution in [0.5, 0.6) is 0 Å². The van der Waals surface area contributed by atoms with Gasteiger partial charge >= 0.3 is 0 Å². The number of para-hydroxylation sites is 5. The molecule has 0 aliphatic heterocycles. The van der Waals surface area contributed by atoms with Crippen molar-refractivity contribution in [1.82, 2.24) is 4.98 Å². The van der Waals surface area contributed by atoms with Gasteiger partial charge in [-0.25, -0.2) is 4.98 Å². The Morgan fingerprint density at radius 2 is 0.803 bits per heavy atom. The van der Waals surface area contributed by atoms with Gasteiger partial charge in [-0.05, 0) is 77.9 Å². The lowest BCUT2D eigenvalue weighted by Gasteiger charge is -2.29. The summed E-state index contributed by atoms with van der Waals surface area (Å²) in [5.41, 5.74) is 13.0. The molecule has 0 aliphatic carbocycles. The number of nitrogens with zero attached hydrogens (tertiary/aromatic N) is 3. The zero-order chi connectivity index (χ0) is 40.3. The second-order valence-corrected chi connectivity index (χ2v) is 15.1. The van der Waals surface area contributed by atoms with Gasteiger partial charge in [-0.1, -0.05) is 140 Å². The summed E-state index contributed by atoms with van der Waals surface area (Å²) in [6.07, 6.45) is 0. The quantitative estimate of drug-likeness (QED) is 0.153. The van der Waals surface area contributed by atoms with Crippen molar-refractivity contribution in [3.05, 3.63) is 212 Å². The van der Waals surface area contributed by atoms with Gasteiger partial charge < -0.3 is 23.1 Å². The van der Waals surface area contributed by atoms with Crippen LogP contribution in [0, 0.1) is 0 Å². The van der Waals surface area contributed by atoms with Gasteiger partial charge in [0.1, 0.15) is 16.7 Å². The van der Waals surface area contributed by atoms with E-state index in [0.717, 1.165) is 94.7 Å². The molecule has 0 saturated heterocycles. The molecule has 12 rings (SSSR count). The lowest BCUT2D eigenvalue weighted by Crippen LogP contribution is -2.14. The monoisotopic (exact) mass is 785 g/mol. The van der Waals surface area contributed by atoms with Crippen molar-refractivity contribution in [1.29, 1.82) is 0 Å². The van der Waals surface area contributed by atoms with Gasteiger partial charge in [0.25, 0.3) is 0 Å². The van der Waals surface area contributed by atoms with Crippen LogP contribution in [0.3, 0.4) is 0 Å². The third-order valence-electron chi connectivity index (χ3n) is 11.5. The van der Waals surface area contributed by atoms with E-state index in [-0.39, 0.29) is 0 Å². The normalized spacial score (nSPS) is 11.6. The second-order valence-electron chi connectivity index (χ2n) is 15.1. The van der Waals surface area contributed by atoms with E-state index in [1.54, 1.807) is 0 Å². The smallest absolute Gasteiger partial charge is 0.227 e. The first-order valence-corrected chi connectivity index (χ1v) is 20.4. The number of fused-ring (bicyclic) bond motifs is 7. The third kappa shape index (κ3) is 5.84. The molecule has 6 nitrogen and oxygen atoms in total. The average molecular weight is 786 g/mol. The van der Waals surface area contributed by atoms with E-state index >= 15 is 0 Å². The topological polar surface area (TPSA) is 58.8 Å². The van der Waals surface area contributed by atoms with Crippen molar-refractivity contribution in [2.45, 2.75) is 0 Å². The summed E-state index contributed by atoms with van der Waals surface area (Å²) < 4.78 is 20.3. The van der Waals surface area contributed by atoms with Crippen LogP contribution in [0.1, 0.15) is 0 Å². The molecule has 3 aromatic heterocycles. The first kappa shape index (κ1) is 34.7. The molecule has 0 spiro atoms. The highest BCUT2D eigenvalue weighted by molar-refractivity contribution is 6.13. The summed E-state index contributed by atoms with van der Waals surface area (Å²) in [6, 6.07) is 73.0. The summed E-state index contributed by atoms with van der Waals surface area (Å²) in [5, 5.41) is 4.19. The zero-order valence-corrected chi connectivity index (χ0v) is 32.8.